The van der Waals surface area contributed by atoms with Gasteiger partial charge in [0, 0.05) is 10.7 Å². The minimum absolute atomic E-state index is 0.507. The SMILES string of the molecule is Cc1ccccc1NS(=O)(=O)Cl. The molecule has 0 radical (unpaired) electrons. The van der Waals surface area contributed by atoms with E-state index in [4.69, 9.17) is 10.7 Å². The summed E-state index contributed by atoms with van der Waals surface area (Å²) in [7, 11) is 1.32. The van der Waals surface area contributed by atoms with Gasteiger partial charge >= 0.3 is 9.24 Å². The van der Waals surface area contributed by atoms with Crippen LogP contribution in [0.2, 0.25) is 0 Å². The van der Waals surface area contributed by atoms with Crippen LogP contribution in [0.15, 0.2) is 24.3 Å². The fourth-order valence-electron chi connectivity index (χ4n) is 0.819. The predicted octanol–water partition coefficient (Wildman–Crippen LogP) is 1.89. The van der Waals surface area contributed by atoms with Crippen LogP contribution in [0.5, 0.6) is 0 Å². The van der Waals surface area contributed by atoms with Crippen LogP contribution < -0.4 is 4.72 Å². The fraction of sp³-hybridized carbons (Fsp3) is 0.143. The number of halogens is 1. The zero-order valence-electron chi connectivity index (χ0n) is 6.41. The van der Waals surface area contributed by atoms with Gasteiger partial charge in [0.25, 0.3) is 0 Å². The van der Waals surface area contributed by atoms with E-state index in [1.807, 2.05) is 6.07 Å². The van der Waals surface area contributed by atoms with Crippen LogP contribution in [-0.2, 0) is 9.24 Å². The Kier molecular flexibility index (Phi) is 2.59. The smallest absolute Gasteiger partial charge is 0.271 e. The number of rotatable bonds is 2. The number of para-hydroxylation sites is 1. The summed E-state index contributed by atoms with van der Waals surface area (Å²) in [5.74, 6) is 0. The maximum Gasteiger partial charge on any atom is 0.319 e. The molecule has 0 atom stereocenters. The minimum atomic E-state index is -3.68. The third kappa shape index (κ3) is 2.71. The maximum absolute atomic E-state index is 10.6. The summed E-state index contributed by atoms with van der Waals surface area (Å²) >= 11 is 0. The molecule has 0 unspecified atom stereocenters. The van der Waals surface area contributed by atoms with Crippen LogP contribution in [0.1, 0.15) is 5.56 Å². The molecule has 12 heavy (non-hydrogen) atoms. The van der Waals surface area contributed by atoms with E-state index in [0.29, 0.717) is 5.69 Å². The molecule has 3 nitrogen and oxygen atoms in total. The maximum atomic E-state index is 10.6. The molecular formula is C7H8ClNO2S. The molecule has 5 heteroatoms. The highest BCUT2D eigenvalue weighted by molar-refractivity contribution is 8.14. The number of nitrogens with one attached hydrogen (secondary N) is 1. The van der Waals surface area contributed by atoms with Gasteiger partial charge in [0.15, 0.2) is 0 Å². The minimum Gasteiger partial charge on any atom is -0.271 e. The van der Waals surface area contributed by atoms with Gasteiger partial charge < -0.3 is 0 Å². The van der Waals surface area contributed by atoms with Crippen molar-refractivity contribution in [2.75, 3.05) is 4.72 Å². The van der Waals surface area contributed by atoms with Crippen molar-refractivity contribution >= 4 is 25.6 Å². The van der Waals surface area contributed by atoms with Gasteiger partial charge in [-0.1, -0.05) is 18.2 Å². The Balaban J connectivity index is 2.98. The standard InChI is InChI=1S/C7H8ClNO2S/c1-6-4-2-3-5-7(6)9-12(8,10)11/h2-5,9H,1H3. The highest BCUT2D eigenvalue weighted by Gasteiger charge is 2.05. The number of benzene rings is 1. The van der Waals surface area contributed by atoms with Crippen LogP contribution in [0.4, 0.5) is 5.69 Å². The van der Waals surface area contributed by atoms with E-state index in [0.717, 1.165) is 5.56 Å². The fourth-order valence-corrected chi connectivity index (χ4v) is 1.56. The van der Waals surface area contributed by atoms with Gasteiger partial charge in [0.2, 0.25) is 0 Å². The second-order valence-electron chi connectivity index (χ2n) is 2.35. The van der Waals surface area contributed by atoms with Crippen LogP contribution in [0.3, 0.4) is 0 Å². The second-order valence-corrected chi connectivity index (χ2v) is 4.65. The molecule has 0 aromatic heterocycles. The van der Waals surface area contributed by atoms with Crippen molar-refractivity contribution in [1.82, 2.24) is 0 Å². The van der Waals surface area contributed by atoms with E-state index in [1.54, 1.807) is 25.1 Å². The van der Waals surface area contributed by atoms with Crippen molar-refractivity contribution in [2.24, 2.45) is 0 Å². The van der Waals surface area contributed by atoms with Crippen LogP contribution in [0.25, 0.3) is 0 Å². The zero-order chi connectivity index (χ0) is 9.19. The molecule has 0 amide bonds. The summed E-state index contributed by atoms with van der Waals surface area (Å²) in [5, 5.41) is 0. The third-order valence-electron chi connectivity index (χ3n) is 1.38. The summed E-state index contributed by atoms with van der Waals surface area (Å²) in [6.07, 6.45) is 0. The monoisotopic (exact) mass is 205 g/mol. The number of hydrogen-bond acceptors (Lipinski definition) is 2. The number of aryl methyl sites for hydroxylation is 1. The van der Waals surface area contributed by atoms with E-state index < -0.39 is 9.24 Å². The Morgan fingerprint density at radius 2 is 1.92 bits per heavy atom. The molecule has 0 bridgehead atoms. The van der Waals surface area contributed by atoms with Crippen molar-refractivity contribution < 1.29 is 8.42 Å². The summed E-state index contributed by atoms with van der Waals surface area (Å²) < 4.78 is 23.4. The van der Waals surface area contributed by atoms with E-state index in [-0.39, 0.29) is 0 Å². The summed E-state index contributed by atoms with van der Waals surface area (Å²) in [4.78, 5) is 0. The lowest BCUT2D eigenvalue weighted by Gasteiger charge is -2.04. The largest absolute Gasteiger partial charge is 0.319 e. The molecule has 0 saturated heterocycles. The lowest BCUT2D eigenvalue weighted by Crippen LogP contribution is -2.05. The predicted molar refractivity (Wildman–Crippen MR) is 49.6 cm³/mol. The Hall–Kier alpha value is -0.740. The molecule has 0 spiro atoms. The van der Waals surface area contributed by atoms with Gasteiger partial charge in [0.1, 0.15) is 0 Å². The highest BCUT2D eigenvalue weighted by Crippen LogP contribution is 2.15. The molecule has 0 aliphatic carbocycles. The first-order chi connectivity index (χ1) is 5.49. The van der Waals surface area contributed by atoms with Gasteiger partial charge in [0.05, 0.1) is 5.69 Å². The third-order valence-corrected chi connectivity index (χ3v) is 2.07. The van der Waals surface area contributed by atoms with Crippen molar-refractivity contribution in [1.29, 1.82) is 0 Å². The molecular weight excluding hydrogens is 198 g/mol. The normalized spacial score (nSPS) is 11.2. The lowest BCUT2D eigenvalue weighted by molar-refractivity contribution is 0.614. The van der Waals surface area contributed by atoms with Crippen molar-refractivity contribution in [3.05, 3.63) is 29.8 Å². The van der Waals surface area contributed by atoms with Crippen molar-refractivity contribution in [3.63, 3.8) is 0 Å². The topological polar surface area (TPSA) is 46.2 Å². The molecule has 0 heterocycles. The molecule has 0 aliphatic rings. The number of anilines is 1. The zero-order valence-corrected chi connectivity index (χ0v) is 7.98. The first-order valence-electron chi connectivity index (χ1n) is 3.27. The summed E-state index contributed by atoms with van der Waals surface area (Å²) in [6, 6.07) is 7.00. The van der Waals surface area contributed by atoms with E-state index in [2.05, 4.69) is 4.72 Å². The van der Waals surface area contributed by atoms with E-state index in [9.17, 15) is 8.42 Å². The van der Waals surface area contributed by atoms with Crippen LogP contribution in [-0.4, -0.2) is 8.42 Å². The van der Waals surface area contributed by atoms with E-state index in [1.165, 1.54) is 0 Å². The molecule has 1 rings (SSSR count). The van der Waals surface area contributed by atoms with Gasteiger partial charge in [-0.2, -0.15) is 8.42 Å². The van der Waals surface area contributed by atoms with Crippen LogP contribution in [0, 0.1) is 6.92 Å². The quantitative estimate of drug-likeness (QED) is 0.750. The van der Waals surface area contributed by atoms with Crippen LogP contribution >= 0.6 is 10.7 Å². The first-order valence-corrected chi connectivity index (χ1v) is 5.58. The summed E-state index contributed by atoms with van der Waals surface area (Å²) in [5.41, 5.74) is 1.34. The van der Waals surface area contributed by atoms with Crippen molar-refractivity contribution in [2.45, 2.75) is 6.92 Å². The molecule has 0 fully saturated rings. The first kappa shape index (κ1) is 9.35. The molecule has 0 saturated carbocycles. The van der Waals surface area contributed by atoms with Gasteiger partial charge in [-0.15, -0.1) is 0 Å². The average molecular weight is 206 g/mol. The highest BCUT2D eigenvalue weighted by atomic mass is 35.7. The number of hydrogen-bond donors (Lipinski definition) is 1. The molecule has 0 aliphatic heterocycles. The Labute approximate surface area is 75.9 Å². The second kappa shape index (κ2) is 3.33. The average Bonchev–Trinajstić information content (AvgIpc) is 1.91. The Bertz CT molecular complexity index is 375. The van der Waals surface area contributed by atoms with Gasteiger partial charge in [-0.25, -0.2) is 0 Å². The van der Waals surface area contributed by atoms with E-state index >= 15 is 0 Å². The molecule has 1 aromatic carbocycles. The Morgan fingerprint density at radius 1 is 1.33 bits per heavy atom. The van der Waals surface area contributed by atoms with Gasteiger partial charge in [-0.05, 0) is 18.6 Å². The molecule has 66 valence electrons. The summed E-state index contributed by atoms with van der Waals surface area (Å²) in [6.45, 7) is 1.80. The molecule has 1 aromatic rings. The van der Waals surface area contributed by atoms with Gasteiger partial charge in [-0.3, -0.25) is 4.72 Å². The lowest BCUT2D eigenvalue weighted by atomic mass is 10.2. The Morgan fingerprint density at radius 3 is 2.42 bits per heavy atom. The van der Waals surface area contributed by atoms with Crippen molar-refractivity contribution in [3.8, 4) is 0 Å². The molecule has 1 N–H and O–H groups in total.